The molecule has 5 nitrogen and oxygen atoms in total. The molecule has 5 heteroatoms. The van der Waals surface area contributed by atoms with E-state index in [2.05, 4.69) is 22.2 Å². The zero-order valence-corrected chi connectivity index (χ0v) is 16.9. The Bertz CT molecular complexity index is 1140. The first-order valence-corrected chi connectivity index (χ1v) is 9.66. The van der Waals surface area contributed by atoms with Gasteiger partial charge in [-0.25, -0.2) is 9.67 Å². The molecule has 0 aliphatic rings. The number of anilines is 1. The molecule has 4 rings (SSSR count). The lowest BCUT2D eigenvalue weighted by molar-refractivity contribution is 0.105. The van der Waals surface area contributed by atoms with Gasteiger partial charge in [-0.05, 0) is 34.9 Å². The average Bonchev–Trinajstić information content (AvgIpc) is 3.33. The minimum Gasteiger partial charge on any atom is -0.378 e. The molecular weight excluding hydrogens is 372 g/mol. The molecule has 0 atom stereocenters. The Morgan fingerprint density at radius 1 is 0.867 bits per heavy atom. The Morgan fingerprint density at radius 2 is 1.53 bits per heavy atom. The molecule has 1 heterocycles. The van der Waals surface area contributed by atoms with Crippen LogP contribution in [0.15, 0.2) is 91.5 Å². The highest BCUT2D eigenvalue weighted by Gasteiger charge is 2.15. The SMILES string of the molecule is CN(C)c1ccc(/C=C(/C(=O)c2ccc(-c3ccccc3)cc2)n2cncn2)cc1. The van der Waals surface area contributed by atoms with E-state index in [9.17, 15) is 4.79 Å². The van der Waals surface area contributed by atoms with Crippen molar-refractivity contribution in [3.8, 4) is 11.1 Å². The Hall–Kier alpha value is -3.99. The zero-order valence-electron chi connectivity index (χ0n) is 16.9. The van der Waals surface area contributed by atoms with Gasteiger partial charge in [-0.2, -0.15) is 5.10 Å². The van der Waals surface area contributed by atoms with Crippen molar-refractivity contribution in [3.05, 3.63) is 103 Å². The number of carbonyl (C=O) groups is 1. The minimum absolute atomic E-state index is 0.114. The highest BCUT2D eigenvalue weighted by atomic mass is 16.1. The second kappa shape index (κ2) is 8.57. The molecule has 0 aliphatic heterocycles. The van der Waals surface area contributed by atoms with Gasteiger partial charge in [0.15, 0.2) is 0 Å². The van der Waals surface area contributed by atoms with Gasteiger partial charge in [0.25, 0.3) is 0 Å². The summed E-state index contributed by atoms with van der Waals surface area (Å²) >= 11 is 0. The van der Waals surface area contributed by atoms with Gasteiger partial charge in [-0.15, -0.1) is 0 Å². The summed E-state index contributed by atoms with van der Waals surface area (Å²) in [6.07, 6.45) is 4.80. The maximum atomic E-state index is 13.3. The summed E-state index contributed by atoms with van der Waals surface area (Å²) in [6.45, 7) is 0. The number of aromatic nitrogens is 3. The van der Waals surface area contributed by atoms with Crippen molar-refractivity contribution >= 4 is 23.2 Å². The summed E-state index contributed by atoms with van der Waals surface area (Å²) in [7, 11) is 3.99. The standard InChI is InChI=1S/C25H22N4O/c1-28(2)23-14-8-19(9-15-23)16-24(29-18-26-17-27-29)25(30)22-12-10-21(11-13-22)20-6-4-3-5-7-20/h3-18H,1-2H3/b24-16-. The molecule has 0 N–H and O–H groups in total. The van der Waals surface area contributed by atoms with Crippen molar-refractivity contribution in [1.29, 1.82) is 0 Å². The monoisotopic (exact) mass is 394 g/mol. The van der Waals surface area contributed by atoms with Gasteiger partial charge in [-0.1, -0.05) is 66.7 Å². The van der Waals surface area contributed by atoms with Crippen LogP contribution in [0, 0.1) is 0 Å². The van der Waals surface area contributed by atoms with Crippen molar-refractivity contribution < 1.29 is 4.79 Å². The van der Waals surface area contributed by atoms with Crippen LogP contribution in [0.2, 0.25) is 0 Å². The van der Waals surface area contributed by atoms with E-state index in [1.54, 1.807) is 0 Å². The Kier molecular flexibility index (Phi) is 5.52. The molecule has 148 valence electrons. The van der Waals surface area contributed by atoms with Gasteiger partial charge >= 0.3 is 0 Å². The second-order valence-electron chi connectivity index (χ2n) is 7.13. The van der Waals surface area contributed by atoms with Crippen LogP contribution in [0.25, 0.3) is 22.9 Å². The average molecular weight is 394 g/mol. The number of ketones is 1. The minimum atomic E-state index is -0.114. The molecule has 0 bridgehead atoms. The summed E-state index contributed by atoms with van der Waals surface area (Å²) in [5.74, 6) is -0.114. The predicted molar refractivity (Wildman–Crippen MR) is 121 cm³/mol. The number of nitrogens with zero attached hydrogens (tertiary/aromatic N) is 4. The van der Waals surface area contributed by atoms with Gasteiger partial charge in [0, 0.05) is 25.3 Å². The number of Topliss-reactive ketones (excluding diaryl/α,β-unsaturated/α-hetero) is 1. The van der Waals surface area contributed by atoms with E-state index in [0.29, 0.717) is 11.3 Å². The van der Waals surface area contributed by atoms with Gasteiger partial charge in [0.05, 0.1) is 0 Å². The third-order valence-corrected chi connectivity index (χ3v) is 4.87. The van der Waals surface area contributed by atoms with E-state index in [-0.39, 0.29) is 5.78 Å². The van der Waals surface area contributed by atoms with Crippen molar-refractivity contribution in [2.45, 2.75) is 0 Å². The van der Waals surface area contributed by atoms with E-state index in [1.807, 2.05) is 91.8 Å². The highest BCUT2D eigenvalue weighted by molar-refractivity contribution is 6.27. The van der Waals surface area contributed by atoms with Gasteiger partial charge in [0.2, 0.25) is 5.78 Å². The van der Waals surface area contributed by atoms with Crippen LogP contribution in [0.4, 0.5) is 5.69 Å². The van der Waals surface area contributed by atoms with Crippen molar-refractivity contribution in [2.24, 2.45) is 0 Å². The molecule has 0 aliphatic carbocycles. The first-order valence-electron chi connectivity index (χ1n) is 9.66. The molecular formula is C25H22N4O. The van der Waals surface area contributed by atoms with Crippen LogP contribution in [0.3, 0.4) is 0 Å². The van der Waals surface area contributed by atoms with Crippen LogP contribution >= 0.6 is 0 Å². The van der Waals surface area contributed by atoms with E-state index in [4.69, 9.17) is 0 Å². The molecule has 0 spiro atoms. The molecule has 0 amide bonds. The first-order chi connectivity index (χ1) is 14.6. The first kappa shape index (κ1) is 19.3. The summed E-state index contributed by atoms with van der Waals surface area (Å²) in [6, 6.07) is 25.7. The van der Waals surface area contributed by atoms with E-state index < -0.39 is 0 Å². The van der Waals surface area contributed by atoms with E-state index in [1.165, 1.54) is 17.3 Å². The lowest BCUT2D eigenvalue weighted by Gasteiger charge is -2.12. The molecule has 0 saturated carbocycles. The summed E-state index contributed by atoms with van der Waals surface area (Å²) in [5, 5.41) is 4.18. The Labute approximate surface area is 175 Å². The largest absolute Gasteiger partial charge is 0.378 e. The molecule has 0 fully saturated rings. The highest BCUT2D eigenvalue weighted by Crippen LogP contribution is 2.23. The third kappa shape index (κ3) is 4.20. The van der Waals surface area contributed by atoms with Crippen molar-refractivity contribution in [1.82, 2.24) is 14.8 Å². The van der Waals surface area contributed by atoms with Crippen molar-refractivity contribution in [3.63, 3.8) is 0 Å². The molecule has 0 saturated heterocycles. The predicted octanol–water partition coefficient (Wildman–Crippen LogP) is 4.89. The molecule has 3 aromatic carbocycles. The Morgan fingerprint density at radius 3 is 2.13 bits per heavy atom. The number of hydrogen-bond donors (Lipinski definition) is 0. The molecule has 1 aromatic heterocycles. The fourth-order valence-electron chi connectivity index (χ4n) is 3.19. The van der Waals surface area contributed by atoms with Crippen LogP contribution in [-0.4, -0.2) is 34.6 Å². The number of hydrogen-bond acceptors (Lipinski definition) is 4. The Balaban J connectivity index is 1.67. The lowest BCUT2D eigenvalue weighted by Crippen LogP contribution is -2.10. The van der Waals surface area contributed by atoms with Crippen LogP contribution in [0.1, 0.15) is 15.9 Å². The summed E-state index contributed by atoms with van der Waals surface area (Å²) in [4.78, 5) is 19.3. The van der Waals surface area contributed by atoms with Crippen molar-refractivity contribution in [2.75, 3.05) is 19.0 Å². The fourth-order valence-corrected chi connectivity index (χ4v) is 3.19. The number of rotatable bonds is 6. The number of allylic oxidation sites excluding steroid dienone is 1. The smallest absolute Gasteiger partial charge is 0.211 e. The third-order valence-electron chi connectivity index (χ3n) is 4.87. The fraction of sp³-hybridized carbons (Fsp3) is 0.0800. The van der Waals surface area contributed by atoms with Gasteiger partial charge in [0.1, 0.15) is 18.4 Å². The molecule has 0 unspecified atom stereocenters. The number of benzene rings is 3. The van der Waals surface area contributed by atoms with Crippen LogP contribution in [-0.2, 0) is 0 Å². The van der Waals surface area contributed by atoms with E-state index >= 15 is 0 Å². The van der Waals surface area contributed by atoms with Crippen LogP contribution in [0.5, 0.6) is 0 Å². The summed E-state index contributed by atoms with van der Waals surface area (Å²) < 4.78 is 1.51. The molecule has 30 heavy (non-hydrogen) atoms. The second-order valence-corrected chi connectivity index (χ2v) is 7.13. The quantitative estimate of drug-likeness (QED) is 0.345. The number of carbonyl (C=O) groups excluding carboxylic acids is 1. The van der Waals surface area contributed by atoms with Gasteiger partial charge in [-0.3, -0.25) is 4.79 Å². The van der Waals surface area contributed by atoms with Gasteiger partial charge < -0.3 is 4.90 Å². The van der Waals surface area contributed by atoms with E-state index in [0.717, 1.165) is 22.4 Å². The topological polar surface area (TPSA) is 51.0 Å². The maximum absolute atomic E-state index is 13.3. The zero-order chi connectivity index (χ0) is 20.9. The lowest BCUT2D eigenvalue weighted by atomic mass is 10.0. The maximum Gasteiger partial charge on any atom is 0.211 e. The molecule has 0 radical (unpaired) electrons. The molecule has 4 aromatic rings. The normalized spacial score (nSPS) is 11.3. The summed E-state index contributed by atoms with van der Waals surface area (Å²) in [5.41, 5.74) is 5.23. The van der Waals surface area contributed by atoms with Crippen LogP contribution < -0.4 is 4.90 Å².